The summed E-state index contributed by atoms with van der Waals surface area (Å²) in [7, 11) is 0. The van der Waals surface area contributed by atoms with Crippen LogP contribution in [0.3, 0.4) is 0 Å². The third kappa shape index (κ3) is 55.1. The Kier molecular flexibility index (Phi) is 28.9. The highest BCUT2D eigenvalue weighted by Crippen LogP contribution is 2.33. The molecule has 0 spiro atoms. The van der Waals surface area contributed by atoms with Crippen LogP contribution in [0.1, 0.15) is 270 Å². The molecule has 0 aliphatic heterocycles. The second-order valence-electron chi connectivity index (χ2n) is 27.3. The molecule has 0 heterocycles. The lowest BCUT2D eigenvalue weighted by atomic mass is 9.78. The molecule has 0 saturated heterocycles. The Hall–Kier alpha value is -0.990. The monoisotopic (exact) mass is 793 g/mol. The number of carbonyl (C=O) groups excluding carboxylic acids is 3. The highest BCUT2D eigenvalue weighted by Gasteiger charge is 2.23. The van der Waals surface area contributed by atoms with E-state index in [0.717, 1.165) is 63.2 Å². The summed E-state index contributed by atoms with van der Waals surface area (Å²) in [4.78, 5) is 35.0. The quantitative estimate of drug-likeness (QED) is 0.166. The van der Waals surface area contributed by atoms with Gasteiger partial charge in [0.05, 0.1) is 0 Å². The van der Waals surface area contributed by atoms with Crippen LogP contribution in [-0.2, 0) is 14.4 Å². The van der Waals surface area contributed by atoms with Gasteiger partial charge in [-0.15, -0.1) is 0 Å². The minimum absolute atomic E-state index is 0.148. The molecule has 0 radical (unpaired) electrons. The highest BCUT2D eigenvalue weighted by molar-refractivity contribution is 5.83. The molecule has 0 bridgehead atoms. The molecular formula is C53H108O3. The average molecular weight is 793 g/mol. The molecule has 0 N–H and O–H groups in total. The summed E-state index contributed by atoms with van der Waals surface area (Å²) in [6.07, 6.45) is 14.3. The van der Waals surface area contributed by atoms with Crippen molar-refractivity contribution < 1.29 is 14.4 Å². The fourth-order valence-corrected chi connectivity index (χ4v) is 7.39. The summed E-state index contributed by atoms with van der Waals surface area (Å²) >= 11 is 0. The van der Waals surface area contributed by atoms with Crippen LogP contribution in [0.4, 0.5) is 0 Å². The lowest BCUT2D eigenvalue weighted by molar-refractivity contribution is -0.126. The zero-order valence-electron chi connectivity index (χ0n) is 43.8. The Labute approximate surface area is 355 Å². The summed E-state index contributed by atoms with van der Waals surface area (Å²) in [6, 6.07) is 0. The molecule has 2 unspecified atom stereocenters. The predicted octanol–water partition coefficient (Wildman–Crippen LogP) is 17.8. The molecule has 0 saturated carbocycles. The third-order valence-corrected chi connectivity index (χ3v) is 9.18. The van der Waals surface area contributed by atoms with Crippen molar-refractivity contribution in [2.45, 2.75) is 270 Å². The fraction of sp³-hybridized carbons (Fsp3) is 0.943. The van der Waals surface area contributed by atoms with Crippen molar-refractivity contribution in [1.29, 1.82) is 0 Å². The smallest absolute Gasteiger partial charge is 0.138 e. The number of hydrogen-bond donors (Lipinski definition) is 0. The van der Waals surface area contributed by atoms with Gasteiger partial charge in [-0.25, -0.2) is 0 Å². The predicted molar refractivity (Wildman–Crippen MR) is 254 cm³/mol. The standard InChI is InChI=1S/C19H38O.C13H26O.C12H24O.C9H20/c1-9-16(13-15(2)14-18(3,4)5)11-10-12-17(20)19(6,7)8;1-12(2,3)9-7-8-11(14)10-13(4,5)6;1-11(2,3)8-7-10(13)9-12(4,5)6;1-8(2,3)7-9(4,5)6/h15-16H,9-14H2,1-8H3;7-10H2,1-6H3;7-9H2,1-6H3;7H2,1-6H3. The van der Waals surface area contributed by atoms with Gasteiger partial charge in [0.25, 0.3) is 0 Å². The first-order chi connectivity index (χ1) is 24.4. The molecule has 0 aromatic rings. The molecule has 3 nitrogen and oxygen atoms in total. The Morgan fingerprint density at radius 1 is 0.446 bits per heavy atom. The topological polar surface area (TPSA) is 51.2 Å². The molecule has 338 valence electrons. The summed E-state index contributed by atoms with van der Waals surface area (Å²) < 4.78 is 0. The second-order valence-corrected chi connectivity index (χ2v) is 27.3. The van der Waals surface area contributed by atoms with Crippen molar-refractivity contribution in [2.75, 3.05) is 0 Å². The van der Waals surface area contributed by atoms with Crippen molar-refractivity contribution in [1.82, 2.24) is 0 Å². The molecule has 0 amide bonds. The van der Waals surface area contributed by atoms with Gasteiger partial charge in [0.2, 0.25) is 0 Å². The van der Waals surface area contributed by atoms with Crippen LogP contribution in [0.2, 0.25) is 0 Å². The van der Waals surface area contributed by atoms with Crippen LogP contribution in [0, 0.1) is 55.2 Å². The second kappa shape index (κ2) is 26.3. The van der Waals surface area contributed by atoms with Crippen LogP contribution in [-0.4, -0.2) is 17.3 Å². The maximum atomic E-state index is 11.9. The minimum Gasteiger partial charge on any atom is -0.300 e. The van der Waals surface area contributed by atoms with E-state index >= 15 is 0 Å². The van der Waals surface area contributed by atoms with E-state index in [1.54, 1.807) is 0 Å². The Morgan fingerprint density at radius 2 is 0.839 bits per heavy atom. The number of rotatable bonds is 15. The van der Waals surface area contributed by atoms with E-state index in [-0.39, 0.29) is 21.7 Å². The summed E-state index contributed by atoms with van der Waals surface area (Å²) in [5.74, 6) is 2.82. The molecule has 0 fully saturated rings. The third-order valence-electron chi connectivity index (χ3n) is 9.18. The average Bonchev–Trinajstić information content (AvgIpc) is 2.85. The molecule has 3 heteroatoms. The molecular weight excluding hydrogens is 685 g/mol. The van der Waals surface area contributed by atoms with Gasteiger partial charge in [-0.3, -0.25) is 14.4 Å². The molecule has 0 aromatic heterocycles. The maximum Gasteiger partial charge on any atom is 0.138 e. The molecule has 2 atom stereocenters. The van der Waals surface area contributed by atoms with Crippen LogP contribution in [0.15, 0.2) is 0 Å². The van der Waals surface area contributed by atoms with Crippen LogP contribution in [0.5, 0.6) is 0 Å². The first kappa shape index (κ1) is 61.7. The first-order valence-electron chi connectivity index (χ1n) is 22.9. The first-order valence-corrected chi connectivity index (χ1v) is 22.9. The largest absolute Gasteiger partial charge is 0.300 e. The molecule has 0 aliphatic rings. The summed E-state index contributed by atoms with van der Waals surface area (Å²) in [6.45, 7) is 57.4. The van der Waals surface area contributed by atoms with Crippen molar-refractivity contribution in [2.24, 2.45) is 55.2 Å². The van der Waals surface area contributed by atoms with Crippen molar-refractivity contribution in [3.8, 4) is 0 Å². The van der Waals surface area contributed by atoms with Crippen LogP contribution in [0.25, 0.3) is 0 Å². The van der Waals surface area contributed by atoms with Crippen molar-refractivity contribution in [3.05, 3.63) is 0 Å². The minimum atomic E-state index is -0.165. The SMILES string of the molecule is CC(C)(C)CC(C)(C)C.CC(C)(C)CCC(=O)CC(C)(C)C.CC(C)(C)CCCC(=O)CC(C)(C)C.CCC(CCCC(=O)C(C)(C)C)CC(C)CC(C)(C)C. The molecule has 0 aliphatic carbocycles. The lowest BCUT2D eigenvalue weighted by Crippen LogP contribution is -2.20. The van der Waals surface area contributed by atoms with Gasteiger partial charge in [0.15, 0.2) is 0 Å². The Balaban J connectivity index is -0.000000335. The van der Waals surface area contributed by atoms with Gasteiger partial charge in [-0.2, -0.15) is 0 Å². The Bertz CT molecular complexity index is 1020. The number of hydrogen-bond acceptors (Lipinski definition) is 3. The van der Waals surface area contributed by atoms with E-state index in [9.17, 15) is 14.4 Å². The fourth-order valence-electron chi connectivity index (χ4n) is 7.39. The van der Waals surface area contributed by atoms with E-state index in [1.165, 1.54) is 32.1 Å². The van der Waals surface area contributed by atoms with E-state index in [1.807, 2.05) is 20.8 Å². The van der Waals surface area contributed by atoms with Crippen molar-refractivity contribution >= 4 is 17.3 Å². The number of Topliss-reactive ketones (excluding diaryl/α,β-unsaturated/α-hetero) is 3. The highest BCUT2D eigenvalue weighted by atomic mass is 16.1. The van der Waals surface area contributed by atoms with E-state index in [0.29, 0.717) is 45.4 Å². The van der Waals surface area contributed by atoms with E-state index in [2.05, 4.69) is 159 Å². The van der Waals surface area contributed by atoms with Gasteiger partial charge in [0, 0.05) is 37.5 Å². The molecule has 0 rings (SSSR count). The van der Waals surface area contributed by atoms with Gasteiger partial charge >= 0.3 is 0 Å². The van der Waals surface area contributed by atoms with Gasteiger partial charge in [-0.05, 0) is 94.7 Å². The maximum absolute atomic E-state index is 11.9. The van der Waals surface area contributed by atoms with E-state index < -0.39 is 0 Å². The molecule has 0 aromatic carbocycles. The Morgan fingerprint density at radius 3 is 1.12 bits per heavy atom. The van der Waals surface area contributed by atoms with E-state index in [4.69, 9.17) is 0 Å². The van der Waals surface area contributed by atoms with Gasteiger partial charge < -0.3 is 0 Å². The van der Waals surface area contributed by atoms with Crippen LogP contribution < -0.4 is 0 Å². The normalized spacial score (nSPS) is 14.2. The van der Waals surface area contributed by atoms with Gasteiger partial charge in [-0.1, -0.05) is 193 Å². The number of ketones is 3. The summed E-state index contributed by atoms with van der Waals surface area (Å²) in [5.41, 5.74) is 2.18. The number of carbonyl (C=O) groups is 3. The summed E-state index contributed by atoms with van der Waals surface area (Å²) in [5, 5.41) is 0. The zero-order chi connectivity index (χ0) is 45.8. The van der Waals surface area contributed by atoms with Crippen molar-refractivity contribution in [3.63, 3.8) is 0 Å². The zero-order valence-corrected chi connectivity index (χ0v) is 43.8. The van der Waals surface area contributed by atoms with Gasteiger partial charge in [0.1, 0.15) is 17.3 Å². The lowest BCUT2D eigenvalue weighted by Gasteiger charge is -2.28. The van der Waals surface area contributed by atoms with Crippen LogP contribution >= 0.6 is 0 Å². The molecule has 56 heavy (non-hydrogen) atoms.